The van der Waals surface area contributed by atoms with Gasteiger partial charge in [0.2, 0.25) is 0 Å². The molecule has 1 aromatic rings. The lowest BCUT2D eigenvalue weighted by Crippen LogP contribution is -2.44. The number of methoxy groups -OCH3 is 1. The fourth-order valence-corrected chi connectivity index (χ4v) is 5.32. The minimum atomic E-state index is -1.98. The number of H-pyrrole nitrogens is 1. The van der Waals surface area contributed by atoms with Crippen molar-refractivity contribution in [1.82, 2.24) is 9.55 Å². The van der Waals surface area contributed by atoms with Crippen LogP contribution < -0.4 is 11.2 Å². The normalized spacial score (nSPS) is 26.0. The third-order valence-electron chi connectivity index (χ3n) is 5.45. The van der Waals surface area contributed by atoms with Crippen LogP contribution in [-0.2, 0) is 13.9 Å². The van der Waals surface area contributed by atoms with Gasteiger partial charge in [0.05, 0.1) is 24.6 Å². The van der Waals surface area contributed by atoms with E-state index in [4.69, 9.17) is 13.9 Å². The lowest BCUT2D eigenvalue weighted by Gasteiger charge is -2.37. The number of aliphatic hydroxyl groups excluding tert-OH is 1. The maximum Gasteiger partial charge on any atom is 0.329 e. The van der Waals surface area contributed by atoms with E-state index in [1.165, 1.54) is 28.6 Å². The van der Waals surface area contributed by atoms with E-state index in [0.717, 1.165) is 0 Å². The SMILES string of the molecule is COCCOC1[C@@H](O)[C@@H](CO[Si](C)(C)C(C)(C)C)S[C@H]1n1ccc(=O)[nH]c1=O. The summed E-state index contributed by atoms with van der Waals surface area (Å²) in [5.41, 5.74) is -0.983. The summed E-state index contributed by atoms with van der Waals surface area (Å²) in [6.45, 7) is 11.9. The molecule has 160 valence electrons. The minimum absolute atomic E-state index is 0.0604. The highest BCUT2D eigenvalue weighted by Gasteiger charge is 2.47. The first kappa shape index (κ1) is 23.4. The fraction of sp³-hybridized carbons (Fsp3) is 0.778. The van der Waals surface area contributed by atoms with Gasteiger partial charge in [-0.1, -0.05) is 20.8 Å². The predicted octanol–water partition coefficient (Wildman–Crippen LogP) is 1.56. The van der Waals surface area contributed by atoms with E-state index in [-0.39, 0.29) is 10.3 Å². The summed E-state index contributed by atoms with van der Waals surface area (Å²) in [5, 5.41) is 10.2. The summed E-state index contributed by atoms with van der Waals surface area (Å²) >= 11 is 1.43. The average molecular weight is 433 g/mol. The van der Waals surface area contributed by atoms with Gasteiger partial charge in [-0.2, -0.15) is 0 Å². The Morgan fingerprint density at radius 1 is 1.29 bits per heavy atom. The second-order valence-electron chi connectivity index (χ2n) is 8.47. The van der Waals surface area contributed by atoms with Crippen LogP contribution in [0.25, 0.3) is 0 Å². The fourth-order valence-electron chi connectivity index (χ4n) is 2.66. The zero-order chi connectivity index (χ0) is 21.1. The summed E-state index contributed by atoms with van der Waals surface area (Å²) in [6.07, 6.45) is 0.0159. The number of nitrogens with one attached hydrogen (secondary N) is 1. The molecule has 1 aromatic heterocycles. The molecule has 10 heteroatoms. The molecule has 0 amide bonds. The molecule has 0 radical (unpaired) electrons. The van der Waals surface area contributed by atoms with E-state index in [9.17, 15) is 14.7 Å². The summed E-state index contributed by atoms with van der Waals surface area (Å²) in [4.78, 5) is 25.9. The number of hydrogen-bond donors (Lipinski definition) is 2. The zero-order valence-electron chi connectivity index (χ0n) is 17.4. The third kappa shape index (κ3) is 5.36. The predicted molar refractivity (Wildman–Crippen MR) is 113 cm³/mol. The van der Waals surface area contributed by atoms with Gasteiger partial charge >= 0.3 is 5.69 Å². The van der Waals surface area contributed by atoms with Crippen molar-refractivity contribution in [2.24, 2.45) is 0 Å². The van der Waals surface area contributed by atoms with Gasteiger partial charge in [-0.25, -0.2) is 4.79 Å². The highest BCUT2D eigenvalue weighted by atomic mass is 32.2. The first-order chi connectivity index (χ1) is 13.0. The zero-order valence-corrected chi connectivity index (χ0v) is 19.2. The van der Waals surface area contributed by atoms with Crippen LogP contribution in [0.2, 0.25) is 18.1 Å². The van der Waals surface area contributed by atoms with Gasteiger partial charge in [0.1, 0.15) is 11.5 Å². The Morgan fingerprint density at radius 2 is 1.96 bits per heavy atom. The molecule has 1 unspecified atom stereocenters. The summed E-state index contributed by atoms with van der Waals surface area (Å²) in [5.74, 6) is 0. The number of aromatic nitrogens is 2. The van der Waals surface area contributed by atoms with Crippen molar-refractivity contribution in [3.63, 3.8) is 0 Å². The van der Waals surface area contributed by atoms with Crippen LogP contribution >= 0.6 is 11.8 Å². The Labute approximate surface area is 170 Å². The topological polar surface area (TPSA) is 103 Å². The molecule has 2 heterocycles. The van der Waals surface area contributed by atoms with Crippen molar-refractivity contribution >= 4 is 20.1 Å². The lowest BCUT2D eigenvalue weighted by molar-refractivity contribution is -0.0561. The maximum atomic E-state index is 12.3. The van der Waals surface area contributed by atoms with Gasteiger partial charge in [-0.3, -0.25) is 14.3 Å². The third-order valence-corrected chi connectivity index (χ3v) is 11.5. The Morgan fingerprint density at radius 3 is 2.54 bits per heavy atom. The molecule has 1 aliphatic heterocycles. The molecular weight excluding hydrogens is 400 g/mol. The molecule has 4 atom stereocenters. The molecule has 1 fully saturated rings. The molecule has 2 N–H and O–H groups in total. The van der Waals surface area contributed by atoms with Gasteiger partial charge in [0, 0.05) is 26.0 Å². The van der Waals surface area contributed by atoms with E-state index in [1.807, 2.05) is 0 Å². The van der Waals surface area contributed by atoms with E-state index < -0.39 is 37.1 Å². The molecule has 0 spiro atoms. The Balaban J connectivity index is 2.21. The number of ether oxygens (including phenoxy) is 2. The molecule has 8 nitrogen and oxygen atoms in total. The van der Waals surface area contributed by atoms with Crippen molar-refractivity contribution < 1.29 is 19.0 Å². The average Bonchev–Trinajstić information content (AvgIpc) is 2.89. The van der Waals surface area contributed by atoms with Gasteiger partial charge in [0.15, 0.2) is 8.32 Å². The molecule has 1 saturated heterocycles. The summed E-state index contributed by atoms with van der Waals surface area (Å²) in [7, 11) is -0.404. The molecule has 0 saturated carbocycles. The second-order valence-corrected chi connectivity index (χ2v) is 14.6. The van der Waals surface area contributed by atoms with Crippen LogP contribution in [0.15, 0.2) is 21.9 Å². The van der Waals surface area contributed by atoms with Crippen molar-refractivity contribution in [2.75, 3.05) is 26.9 Å². The molecule has 0 aromatic carbocycles. The highest BCUT2D eigenvalue weighted by molar-refractivity contribution is 8.00. The van der Waals surface area contributed by atoms with Crippen LogP contribution in [0.1, 0.15) is 26.1 Å². The minimum Gasteiger partial charge on any atom is -0.416 e. The summed E-state index contributed by atoms with van der Waals surface area (Å²) < 4.78 is 18.6. The van der Waals surface area contributed by atoms with Crippen LogP contribution in [0.3, 0.4) is 0 Å². The largest absolute Gasteiger partial charge is 0.416 e. The van der Waals surface area contributed by atoms with E-state index >= 15 is 0 Å². The van der Waals surface area contributed by atoms with E-state index in [0.29, 0.717) is 19.8 Å². The van der Waals surface area contributed by atoms with Gasteiger partial charge in [0.25, 0.3) is 5.56 Å². The number of thioether (sulfide) groups is 1. The first-order valence-electron chi connectivity index (χ1n) is 9.37. The number of aromatic amines is 1. The molecule has 2 rings (SSSR count). The summed E-state index contributed by atoms with van der Waals surface area (Å²) in [6, 6.07) is 1.29. The van der Waals surface area contributed by atoms with Crippen LogP contribution in [0, 0.1) is 0 Å². The maximum absolute atomic E-state index is 12.3. The molecule has 0 aliphatic carbocycles. The van der Waals surface area contributed by atoms with E-state index in [2.05, 4.69) is 38.8 Å². The van der Waals surface area contributed by atoms with Crippen molar-refractivity contribution in [3.8, 4) is 0 Å². The molecule has 1 aliphatic rings. The van der Waals surface area contributed by atoms with E-state index in [1.54, 1.807) is 7.11 Å². The Hall–Kier alpha value is -0.913. The number of rotatable bonds is 8. The van der Waals surface area contributed by atoms with Crippen LogP contribution in [0.4, 0.5) is 0 Å². The second kappa shape index (κ2) is 9.27. The Bertz CT molecular complexity index is 759. The highest BCUT2D eigenvalue weighted by Crippen LogP contribution is 2.44. The molecule has 28 heavy (non-hydrogen) atoms. The van der Waals surface area contributed by atoms with Gasteiger partial charge < -0.3 is 19.0 Å². The van der Waals surface area contributed by atoms with Crippen molar-refractivity contribution in [2.45, 2.75) is 61.7 Å². The standard InChI is InChI=1S/C18H32N2O6SSi/c1-18(2,3)28(5,6)26-11-12-14(22)15(25-10-9-24-4)16(27-12)20-8-7-13(21)19-17(20)23/h7-8,12,14-16,22H,9-11H2,1-6H3,(H,19,21,23)/t12-,14+,15?,16-/m1/s1. The van der Waals surface area contributed by atoms with Crippen LogP contribution in [0.5, 0.6) is 0 Å². The molecular formula is C18H32N2O6SSi. The van der Waals surface area contributed by atoms with Crippen molar-refractivity contribution in [3.05, 3.63) is 33.1 Å². The van der Waals surface area contributed by atoms with Gasteiger partial charge in [-0.05, 0) is 18.1 Å². The first-order valence-corrected chi connectivity index (χ1v) is 13.2. The quantitative estimate of drug-likeness (QED) is 0.475. The molecule has 0 bridgehead atoms. The number of hydrogen-bond acceptors (Lipinski definition) is 7. The number of nitrogens with zero attached hydrogens (tertiary/aromatic N) is 1. The van der Waals surface area contributed by atoms with Crippen LogP contribution in [-0.4, -0.2) is 67.4 Å². The lowest BCUT2D eigenvalue weighted by atomic mass is 10.1. The van der Waals surface area contributed by atoms with Crippen molar-refractivity contribution in [1.29, 1.82) is 0 Å². The Kier molecular flexibility index (Phi) is 7.74. The smallest absolute Gasteiger partial charge is 0.329 e. The van der Waals surface area contributed by atoms with Gasteiger partial charge in [-0.15, -0.1) is 11.8 Å². The monoisotopic (exact) mass is 432 g/mol. The number of aliphatic hydroxyl groups is 1.